The van der Waals surface area contributed by atoms with Crippen LogP contribution in [0.5, 0.6) is 11.5 Å². The van der Waals surface area contributed by atoms with Crippen molar-refractivity contribution in [3.63, 3.8) is 0 Å². The minimum Gasteiger partial charge on any atom is -0.497 e. The highest BCUT2D eigenvalue weighted by Gasteiger charge is 2.16. The van der Waals surface area contributed by atoms with Crippen LogP contribution in [0.2, 0.25) is 0 Å². The maximum atomic E-state index is 5.27. The second kappa shape index (κ2) is 8.12. The molecule has 0 atom stereocenters. The average Bonchev–Trinajstić information content (AvgIpc) is 2.44. The molecule has 1 aromatic carbocycles. The van der Waals surface area contributed by atoms with E-state index in [1.54, 1.807) is 21.3 Å². The van der Waals surface area contributed by atoms with E-state index in [0.717, 1.165) is 43.2 Å². The summed E-state index contributed by atoms with van der Waals surface area (Å²) < 4.78 is 15.7. The van der Waals surface area contributed by atoms with E-state index in [2.05, 4.69) is 19.2 Å². The van der Waals surface area contributed by atoms with E-state index in [1.807, 2.05) is 18.2 Å². The van der Waals surface area contributed by atoms with E-state index in [9.17, 15) is 0 Å². The number of hydrogen-bond donors (Lipinski definition) is 1. The van der Waals surface area contributed by atoms with Gasteiger partial charge in [-0.05, 0) is 29.5 Å². The molecule has 1 rings (SSSR count). The van der Waals surface area contributed by atoms with E-state index in [-0.39, 0.29) is 5.41 Å². The molecule has 114 valence electrons. The van der Waals surface area contributed by atoms with Gasteiger partial charge in [-0.2, -0.15) is 0 Å². The Balaban J connectivity index is 2.52. The molecule has 4 heteroatoms. The third-order valence-corrected chi connectivity index (χ3v) is 3.33. The van der Waals surface area contributed by atoms with E-state index in [1.165, 1.54) is 0 Å². The van der Waals surface area contributed by atoms with Crippen molar-refractivity contribution in [1.29, 1.82) is 0 Å². The summed E-state index contributed by atoms with van der Waals surface area (Å²) in [6.45, 7) is 7.01. The van der Waals surface area contributed by atoms with Gasteiger partial charge in [0.2, 0.25) is 0 Å². The molecule has 0 aliphatic heterocycles. The predicted molar refractivity (Wildman–Crippen MR) is 81.5 cm³/mol. The van der Waals surface area contributed by atoms with Gasteiger partial charge in [0.1, 0.15) is 11.5 Å². The van der Waals surface area contributed by atoms with Gasteiger partial charge in [-0.1, -0.05) is 13.8 Å². The van der Waals surface area contributed by atoms with Crippen molar-refractivity contribution in [1.82, 2.24) is 5.32 Å². The first-order valence-electron chi connectivity index (χ1n) is 6.92. The summed E-state index contributed by atoms with van der Waals surface area (Å²) in [5, 5.41) is 3.49. The van der Waals surface area contributed by atoms with Crippen molar-refractivity contribution in [2.75, 3.05) is 34.5 Å². The molecule has 0 heterocycles. The number of methoxy groups -OCH3 is 3. The monoisotopic (exact) mass is 281 g/mol. The molecule has 0 amide bonds. The van der Waals surface area contributed by atoms with Crippen LogP contribution in [0.4, 0.5) is 0 Å². The highest BCUT2D eigenvalue weighted by molar-refractivity contribution is 5.38. The normalized spacial score (nSPS) is 11.4. The number of ether oxygens (including phenoxy) is 3. The van der Waals surface area contributed by atoms with Gasteiger partial charge in [-0.25, -0.2) is 0 Å². The van der Waals surface area contributed by atoms with Gasteiger partial charge in [0.25, 0.3) is 0 Å². The van der Waals surface area contributed by atoms with Crippen LogP contribution in [0.25, 0.3) is 0 Å². The summed E-state index contributed by atoms with van der Waals surface area (Å²) in [6.07, 6.45) is 1.04. The van der Waals surface area contributed by atoms with Crippen molar-refractivity contribution in [3.8, 4) is 11.5 Å². The Kier molecular flexibility index (Phi) is 6.82. The van der Waals surface area contributed by atoms with E-state index in [0.29, 0.717) is 0 Å². The lowest BCUT2D eigenvalue weighted by atomic mass is 9.89. The van der Waals surface area contributed by atoms with Gasteiger partial charge in [-0.15, -0.1) is 0 Å². The standard InChI is InChI=1S/C16H27NO3/c1-16(2,6-7-18-3)12-17-11-13-8-14(19-4)10-15(9-13)20-5/h8-10,17H,6-7,11-12H2,1-5H3. The molecule has 1 aromatic rings. The topological polar surface area (TPSA) is 39.7 Å². The van der Waals surface area contributed by atoms with Crippen molar-refractivity contribution >= 4 is 0 Å². The van der Waals surface area contributed by atoms with E-state index in [4.69, 9.17) is 14.2 Å². The lowest BCUT2D eigenvalue weighted by Crippen LogP contribution is -2.30. The van der Waals surface area contributed by atoms with Crippen LogP contribution >= 0.6 is 0 Å². The first-order chi connectivity index (χ1) is 9.50. The number of nitrogens with one attached hydrogen (secondary N) is 1. The van der Waals surface area contributed by atoms with Gasteiger partial charge in [0, 0.05) is 32.9 Å². The Bertz CT molecular complexity index is 382. The molecule has 0 bridgehead atoms. The summed E-state index contributed by atoms with van der Waals surface area (Å²) >= 11 is 0. The fourth-order valence-corrected chi connectivity index (χ4v) is 1.98. The fourth-order valence-electron chi connectivity index (χ4n) is 1.98. The van der Waals surface area contributed by atoms with E-state index >= 15 is 0 Å². The maximum absolute atomic E-state index is 5.27. The Labute approximate surface area is 122 Å². The van der Waals surface area contributed by atoms with Crippen molar-refractivity contribution in [3.05, 3.63) is 23.8 Å². The molecule has 0 aliphatic rings. The fraction of sp³-hybridized carbons (Fsp3) is 0.625. The van der Waals surface area contributed by atoms with Crippen molar-refractivity contribution in [2.24, 2.45) is 5.41 Å². The van der Waals surface area contributed by atoms with Gasteiger partial charge < -0.3 is 19.5 Å². The molecule has 1 N–H and O–H groups in total. The summed E-state index contributed by atoms with van der Waals surface area (Å²) in [5.74, 6) is 1.64. The second-order valence-electron chi connectivity index (χ2n) is 5.73. The molecular formula is C16H27NO3. The largest absolute Gasteiger partial charge is 0.497 e. The highest BCUT2D eigenvalue weighted by Crippen LogP contribution is 2.23. The van der Waals surface area contributed by atoms with Crippen LogP contribution in [0.15, 0.2) is 18.2 Å². The number of benzene rings is 1. The average molecular weight is 281 g/mol. The maximum Gasteiger partial charge on any atom is 0.122 e. The van der Waals surface area contributed by atoms with Crippen LogP contribution < -0.4 is 14.8 Å². The first kappa shape index (κ1) is 16.8. The molecule has 0 fully saturated rings. The zero-order valence-corrected chi connectivity index (χ0v) is 13.3. The lowest BCUT2D eigenvalue weighted by molar-refractivity contribution is 0.150. The molecular weight excluding hydrogens is 254 g/mol. The SMILES string of the molecule is COCCC(C)(C)CNCc1cc(OC)cc(OC)c1. The molecule has 0 unspecified atom stereocenters. The smallest absolute Gasteiger partial charge is 0.122 e. The van der Waals surface area contributed by atoms with Gasteiger partial charge in [0.15, 0.2) is 0 Å². The Hall–Kier alpha value is -1.26. The van der Waals surface area contributed by atoms with Crippen molar-refractivity contribution < 1.29 is 14.2 Å². The molecule has 20 heavy (non-hydrogen) atoms. The summed E-state index contributed by atoms with van der Waals surface area (Å²) in [6, 6.07) is 5.93. The number of rotatable bonds is 9. The third-order valence-electron chi connectivity index (χ3n) is 3.33. The second-order valence-corrected chi connectivity index (χ2v) is 5.73. The van der Waals surface area contributed by atoms with Crippen molar-refractivity contribution in [2.45, 2.75) is 26.8 Å². The summed E-state index contributed by atoms with van der Waals surface area (Å²) in [5.41, 5.74) is 1.38. The summed E-state index contributed by atoms with van der Waals surface area (Å²) in [7, 11) is 5.08. The predicted octanol–water partition coefficient (Wildman–Crippen LogP) is 2.86. The first-order valence-corrected chi connectivity index (χ1v) is 6.92. The van der Waals surface area contributed by atoms with Crippen LogP contribution in [-0.2, 0) is 11.3 Å². The van der Waals surface area contributed by atoms with Crippen LogP contribution in [0.3, 0.4) is 0 Å². The van der Waals surface area contributed by atoms with Gasteiger partial charge >= 0.3 is 0 Å². The molecule has 0 saturated carbocycles. The zero-order chi connectivity index (χ0) is 15.0. The minimum absolute atomic E-state index is 0.221. The number of hydrogen-bond acceptors (Lipinski definition) is 4. The zero-order valence-electron chi connectivity index (χ0n) is 13.3. The molecule has 0 radical (unpaired) electrons. The lowest BCUT2D eigenvalue weighted by Gasteiger charge is -2.24. The third kappa shape index (κ3) is 5.80. The molecule has 4 nitrogen and oxygen atoms in total. The van der Waals surface area contributed by atoms with Crippen LogP contribution in [-0.4, -0.2) is 34.5 Å². The minimum atomic E-state index is 0.221. The molecule has 0 aromatic heterocycles. The molecule has 0 spiro atoms. The van der Waals surface area contributed by atoms with Gasteiger partial charge in [-0.3, -0.25) is 0 Å². The Morgan fingerprint density at radius 2 is 1.60 bits per heavy atom. The van der Waals surface area contributed by atoms with Crippen LogP contribution in [0.1, 0.15) is 25.8 Å². The highest BCUT2D eigenvalue weighted by atomic mass is 16.5. The Morgan fingerprint density at radius 1 is 1.00 bits per heavy atom. The molecule has 0 aliphatic carbocycles. The van der Waals surface area contributed by atoms with E-state index < -0.39 is 0 Å². The van der Waals surface area contributed by atoms with Gasteiger partial charge in [0.05, 0.1) is 14.2 Å². The molecule has 0 saturated heterocycles. The van der Waals surface area contributed by atoms with Crippen LogP contribution in [0, 0.1) is 5.41 Å². The Morgan fingerprint density at radius 3 is 2.10 bits per heavy atom. The quantitative estimate of drug-likeness (QED) is 0.755. The summed E-state index contributed by atoms with van der Waals surface area (Å²) in [4.78, 5) is 0.